The lowest BCUT2D eigenvalue weighted by Gasteiger charge is -2.41. The summed E-state index contributed by atoms with van der Waals surface area (Å²) in [6.45, 7) is 6.08. The number of ether oxygens (including phenoxy) is 1. The van der Waals surface area contributed by atoms with Crippen molar-refractivity contribution in [2.75, 3.05) is 6.54 Å². The fourth-order valence-corrected chi connectivity index (χ4v) is 2.14. The van der Waals surface area contributed by atoms with Crippen LogP contribution in [-0.4, -0.2) is 29.8 Å². The zero-order chi connectivity index (χ0) is 12.3. The van der Waals surface area contributed by atoms with Crippen molar-refractivity contribution in [1.29, 1.82) is 0 Å². The van der Waals surface area contributed by atoms with Crippen molar-refractivity contribution in [3.63, 3.8) is 0 Å². The van der Waals surface area contributed by atoms with E-state index in [4.69, 9.17) is 15.4 Å². The molecule has 0 amide bonds. The molecule has 1 unspecified atom stereocenters. The molecule has 90 valence electrons. The summed E-state index contributed by atoms with van der Waals surface area (Å²) in [6, 6.07) is 0. The van der Waals surface area contributed by atoms with Gasteiger partial charge in [-0.05, 0) is 23.3 Å². The van der Waals surface area contributed by atoms with Crippen LogP contribution in [0.3, 0.4) is 0 Å². The van der Waals surface area contributed by atoms with Crippen LogP contribution in [0, 0.1) is 17.8 Å². The summed E-state index contributed by atoms with van der Waals surface area (Å²) in [5.41, 5.74) is 8.26. The van der Waals surface area contributed by atoms with E-state index < -0.39 is 12.1 Å². The first-order valence-electron chi connectivity index (χ1n) is 5.38. The molecule has 16 heavy (non-hydrogen) atoms. The maximum absolute atomic E-state index is 11.0. The molecule has 0 bridgehead atoms. The van der Waals surface area contributed by atoms with E-state index in [0.717, 1.165) is 0 Å². The Kier molecular flexibility index (Phi) is 4.15. The van der Waals surface area contributed by atoms with E-state index in [2.05, 4.69) is 10.0 Å². The molecule has 1 aliphatic heterocycles. The lowest BCUT2D eigenvalue weighted by molar-refractivity contribution is -0.177. The minimum Gasteiger partial charge on any atom is -0.479 e. The predicted octanol–water partition coefficient (Wildman–Crippen LogP) is 2.06. The lowest BCUT2D eigenvalue weighted by Crippen LogP contribution is -2.49. The van der Waals surface area contributed by atoms with Crippen LogP contribution in [0.15, 0.2) is 5.11 Å². The van der Waals surface area contributed by atoms with Crippen molar-refractivity contribution in [2.45, 2.75) is 33.0 Å². The molecule has 0 spiro atoms. The van der Waals surface area contributed by atoms with Gasteiger partial charge >= 0.3 is 5.97 Å². The Morgan fingerprint density at radius 3 is 2.50 bits per heavy atom. The predicted molar refractivity (Wildman–Crippen MR) is 57.8 cm³/mol. The molecule has 1 heterocycles. The van der Waals surface area contributed by atoms with Crippen LogP contribution in [0.2, 0.25) is 0 Å². The van der Waals surface area contributed by atoms with E-state index in [0.29, 0.717) is 0 Å². The number of rotatable bonds is 3. The number of azide groups is 1. The standard InChI is InChI=1S/C10H17N3O3/c1-5-6(2)8(4-12-13-11)16-9(7(5)3)10(14)15/h5-9H,4H2,1-3H3,(H,14,15)/t5-,6+,7+,8+,9?/m0/s1. The second kappa shape index (κ2) is 5.18. The van der Waals surface area contributed by atoms with E-state index in [1.807, 2.05) is 20.8 Å². The molecule has 1 fully saturated rings. The molecular formula is C10H17N3O3. The average Bonchev–Trinajstić information content (AvgIpc) is 2.24. The van der Waals surface area contributed by atoms with Gasteiger partial charge in [0.1, 0.15) is 0 Å². The van der Waals surface area contributed by atoms with E-state index in [1.165, 1.54) is 0 Å². The number of aliphatic carboxylic acids is 1. The number of nitrogens with zero attached hydrogens (tertiary/aromatic N) is 3. The number of hydrogen-bond acceptors (Lipinski definition) is 3. The van der Waals surface area contributed by atoms with Crippen LogP contribution in [0.5, 0.6) is 0 Å². The summed E-state index contributed by atoms with van der Waals surface area (Å²) in [5, 5.41) is 12.5. The van der Waals surface area contributed by atoms with Gasteiger partial charge in [-0.25, -0.2) is 4.79 Å². The number of carboxylic acid groups (broad SMARTS) is 1. The van der Waals surface area contributed by atoms with Crippen molar-refractivity contribution in [3.05, 3.63) is 10.4 Å². The topological polar surface area (TPSA) is 95.3 Å². The molecule has 6 heteroatoms. The molecule has 0 aliphatic carbocycles. The quantitative estimate of drug-likeness (QED) is 0.454. The molecule has 1 aliphatic rings. The first-order chi connectivity index (χ1) is 7.49. The largest absolute Gasteiger partial charge is 0.479 e. The molecule has 0 aromatic heterocycles. The number of carbonyl (C=O) groups is 1. The van der Waals surface area contributed by atoms with Crippen LogP contribution >= 0.6 is 0 Å². The zero-order valence-corrected chi connectivity index (χ0v) is 9.70. The first kappa shape index (κ1) is 12.8. The monoisotopic (exact) mass is 227 g/mol. The average molecular weight is 227 g/mol. The highest BCUT2D eigenvalue weighted by Crippen LogP contribution is 2.35. The maximum Gasteiger partial charge on any atom is 0.333 e. The second-order valence-electron chi connectivity index (χ2n) is 4.42. The normalized spacial score (nSPS) is 38.8. The summed E-state index contributed by atoms with van der Waals surface area (Å²) in [5.74, 6) is -0.558. The highest BCUT2D eigenvalue weighted by Gasteiger charge is 2.41. The summed E-state index contributed by atoms with van der Waals surface area (Å²) in [6.07, 6.45) is -1.10. The van der Waals surface area contributed by atoms with E-state index in [-0.39, 0.29) is 30.4 Å². The van der Waals surface area contributed by atoms with Gasteiger partial charge in [-0.3, -0.25) is 0 Å². The van der Waals surface area contributed by atoms with Crippen LogP contribution in [0.4, 0.5) is 0 Å². The fourth-order valence-electron chi connectivity index (χ4n) is 2.14. The Labute approximate surface area is 94.2 Å². The van der Waals surface area contributed by atoms with Gasteiger partial charge in [-0.1, -0.05) is 25.9 Å². The summed E-state index contributed by atoms with van der Waals surface area (Å²) in [7, 11) is 0. The Morgan fingerprint density at radius 2 is 2.00 bits per heavy atom. The molecule has 0 saturated carbocycles. The van der Waals surface area contributed by atoms with Crippen LogP contribution < -0.4 is 0 Å². The van der Waals surface area contributed by atoms with E-state index >= 15 is 0 Å². The summed E-state index contributed by atoms with van der Waals surface area (Å²) >= 11 is 0. The van der Waals surface area contributed by atoms with Crippen molar-refractivity contribution in [1.82, 2.24) is 0 Å². The molecule has 0 aromatic carbocycles. The molecule has 0 radical (unpaired) electrons. The molecule has 6 nitrogen and oxygen atoms in total. The van der Waals surface area contributed by atoms with Gasteiger partial charge in [-0.15, -0.1) is 0 Å². The Bertz CT molecular complexity index is 312. The van der Waals surface area contributed by atoms with Crippen LogP contribution in [0.1, 0.15) is 20.8 Å². The third-order valence-electron chi connectivity index (χ3n) is 3.61. The lowest BCUT2D eigenvalue weighted by atomic mass is 9.76. The van der Waals surface area contributed by atoms with Crippen molar-refractivity contribution in [2.24, 2.45) is 22.9 Å². The Balaban J connectivity index is 2.80. The van der Waals surface area contributed by atoms with Gasteiger partial charge in [0.2, 0.25) is 0 Å². The van der Waals surface area contributed by atoms with Gasteiger partial charge in [0.25, 0.3) is 0 Å². The zero-order valence-electron chi connectivity index (χ0n) is 9.70. The number of hydrogen-bond donors (Lipinski definition) is 1. The highest BCUT2D eigenvalue weighted by atomic mass is 16.5. The van der Waals surface area contributed by atoms with E-state index in [1.54, 1.807) is 0 Å². The second-order valence-corrected chi connectivity index (χ2v) is 4.42. The fraction of sp³-hybridized carbons (Fsp3) is 0.900. The minimum absolute atomic E-state index is 0.0326. The maximum atomic E-state index is 11.0. The molecule has 1 saturated heterocycles. The molecule has 5 atom stereocenters. The first-order valence-corrected chi connectivity index (χ1v) is 5.38. The molecular weight excluding hydrogens is 210 g/mol. The smallest absolute Gasteiger partial charge is 0.333 e. The third-order valence-corrected chi connectivity index (χ3v) is 3.61. The van der Waals surface area contributed by atoms with Crippen molar-refractivity contribution < 1.29 is 14.6 Å². The van der Waals surface area contributed by atoms with Crippen molar-refractivity contribution in [3.8, 4) is 0 Å². The number of carboxylic acids is 1. The SMILES string of the molecule is C[C@@H]1[C@H](C)[C@@H](C)C(C(=O)O)O[C@@H]1CN=[N+]=[N-]. The van der Waals surface area contributed by atoms with Crippen LogP contribution in [-0.2, 0) is 9.53 Å². The molecule has 1 rings (SSSR count). The van der Waals surface area contributed by atoms with Gasteiger partial charge in [0, 0.05) is 4.91 Å². The van der Waals surface area contributed by atoms with E-state index in [9.17, 15) is 4.79 Å². The molecule has 1 N–H and O–H groups in total. The molecule has 0 aromatic rings. The Hall–Kier alpha value is -1.26. The third kappa shape index (κ3) is 2.46. The van der Waals surface area contributed by atoms with Crippen molar-refractivity contribution >= 4 is 5.97 Å². The summed E-state index contributed by atoms with van der Waals surface area (Å²) in [4.78, 5) is 13.7. The summed E-state index contributed by atoms with van der Waals surface area (Å²) < 4.78 is 5.48. The van der Waals surface area contributed by atoms with Gasteiger partial charge in [0.15, 0.2) is 6.10 Å². The van der Waals surface area contributed by atoms with Crippen LogP contribution in [0.25, 0.3) is 10.4 Å². The van der Waals surface area contributed by atoms with Gasteiger partial charge < -0.3 is 9.84 Å². The minimum atomic E-state index is -0.947. The Morgan fingerprint density at radius 1 is 1.38 bits per heavy atom. The highest BCUT2D eigenvalue weighted by molar-refractivity contribution is 5.72. The van der Waals surface area contributed by atoms with Gasteiger partial charge in [-0.2, -0.15) is 0 Å². The van der Waals surface area contributed by atoms with Gasteiger partial charge in [0.05, 0.1) is 12.6 Å².